The highest BCUT2D eigenvalue weighted by Gasteiger charge is 2.78. The molecule has 0 aromatic heterocycles. The molecular formula is C33H39F3NO+. The Morgan fingerprint density at radius 1 is 1.21 bits per heavy atom. The zero-order chi connectivity index (χ0) is 27.0. The summed E-state index contributed by atoms with van der Waals surface area (Å²) in [5.41, 5.74) is 5.83. The summed E-state index contributed by atoms with van der Waals surface area (Å²) in [6, 6.07) is 8.78. The Morgan fingerprint density at radius 2 is 2.00 bits per heavy atom. The van der Waals surface area contributed by atoms with Gasteiger partial charge in [0.25, 0.3) is 0 Å². The number of hydrogen-bond donors (Lipinski definition) is 1. The zero-order valence-electron chi connectivity index (χ0n) is 22.7. The molecule has 5 heteroatoms. The van der Waals surface area contributed by atoms with Gasteiger partial charge in [-0.15, -0.1) is 6.58 Å². The largest absolute Gasteiger partial charge is 0.395 e. The number of aliphatic hydroxyl groups is 1. The predicted octanol–water partition coefficient (Wildman–Crippen LogP) is 7.67. The number of alkyl halides is 3. The lowest BCUT2D eigenvalue weighted by atomic mass is 9.54. The van der Waals surface area contributed by atoms with Crippen LogP contribution in [0.25, 0.3) is 10.8 Å². The lowest BCUT2D eigenvalue weighted by molar-refractivity contribution is -1.03. The van der Waals surface area contributed by atoms with Crippen LogP contribution in [0, 0.1) is 31.6 Å². The predicted molar refractivity (Wildman–Crippen MR) is 147 cm³/mol. The molecule has 2 aromatic carbocycles. The van der Waals surface area contributed by atoms with Crippen LogP contribution in [0.2, 0.25) is 0 Å². The fraction of sp³-hybridized carbons (Fsp3) is 0.515. The Balaban J connectivity index is 1.40. The maximum Gasteiger partial charge on any atom is 0.395 e. The van der Waals surface area contributed by atoms with E-state index >= 15 is 0 Å². The highest BCUT2D eigenvalue weighted by Crippen LogP contribution is 2.69. The third-order valence-corrected chi connectivity index (χ3v) is 10.8. The zero-order valence-corrected chi connectivity index (χ0v) is 22.7. The number of aryl methyl sites for hydroxylation is 3. The van der Waals surface area contributed by atoms with Crippen LogP contribution in [-0.2, 0) is 6.42 Å². The first kappa shape index (κ1) is 25.9. The van der Waals surface area contributed by atoms with Gasteiger partial charge in [0.15, 0.2) is 0 Å². The van der Waals surface area contributed by atoms with Crippen molar-refractivity contribution in [3.63, 3.8) is 0 Å². The fourth-order valence-electron chi connectivity index (χ4n) is 8.80. The van der Waals surface area contributed by atoms with E-state index in [2.05, 4.69) is 57.7 Å². The van der Waals surface area contributed by atoms with Crippen LogP contribution >= 0.6 is 0 Å². The number of fused-ring (bicyclic) bond motifs is 1. The summed E-state index contributed by atoms with van der Waals surface area (Å²) in [4.78, 5) is 0. The Morgan fingerprint density at radius 3 is 2.61 bits per heavy atom. The van der Waals surface area contributed by atoms with E-state index in [4.69, 9.17) is 0 Å². The van der Waals surface area contributed by atoms with E-state index in [-0.39, 0.29) is 18.0 Å². The molecule has 2 heterocycles. The van der Waals surface area contributed by atoms with Crippen molar-refractivity contribution in [2.45, 2.75) is 76.7 Å². The third-order valence-electron chi connectivity index (χ3n) is 10.8. The number of nitrogens with zero attached hydrogens (tertiary/aromatic N) is 1. The summed E-state index contributed by atoms with van der Waals surface area (Å²) in [6.45, 7) is 12.2. The van der Waals surface area contributed by atoms with Crippen molar-refractivity contribution in [1.29, 1.82) is 0 Å². The highest BCUT2D eigenvalue weighted by molar-refractivity contribution is 5.92. The second-order valence-electron chi connectivity index (χ2n) is 12.4. The van der Waals surface area contributed by atoms with Crippen molar-refractivity contribution in [2.24, 2.45) is 17.8 Å². The van der Waals surface area contributed by atoms with E-state index in [0.717, 1.165) is 53.2 Å². The van der Waals surface area contributed by atoms with E-state index < -0.39 is 18.2 Å². The minimum atomic E-state index is -4.20. The summed E-state index contributed by atoms with van der Waals surface area (Å²) in [7, 11) is 0. The molecule has 4 aliphatic rings. The van der Waals surface area contributed by atoms with E-state index in [1.165, 1.54) is 28.2 Å². The quantitative estimate of drug-likeness (QED) is 0.305. The molecule has 2 aliphatic heterocycles. The Bertz CT molecular complexity index is 1360. The van der Waals surface area contributed by atoms with Crippen molar-refractivity contribution < 1.29 is 22.8 Å². The van der Waals surface area contributed by atoms with Gasteiger partial charge in [-0.05, 0) is 65.6 Å². The maximum atomic E-state index is 13.3. The highest BCUT2D eigenvalue weighted by atomic mass is 19.4. The van der Waals surface area contributed by atoms with Crippen LogP contribution in [0.5, 0.6) is 0 Å². The number of quaternary nitrogens is 1. The SMILES string of the molecule is C=CC1CC23CC[N+]2(CC2=CCC(C(F)(F)F)C=C2)C([C@@H](O)c2ccc(C)c4c(C)cc(CC)cc24)CC13. The van der Waals surface area contributed by atoms with Gasteiger partial charge < -0.3 is 9.59 Å². The number of rotatable bonds is 6. The van der Waals surface area contributed by atoms with Gasteiger partial charge in [-0.2, -0.15) is 13.2 Å². The number of aliphatic hydroxyl groups excluding tert-OH is 1. The van der Waals surface area contributed by atoms with E-state index in [9.17, 15) is 18.3 Å². The molecular weight excluding hydrogens is 483 g/mol. The molecule has 6 rings (SSSR count). The van der Waals surface area contributed by atoms with Crippen molar-refractivity contribution >= 4 is 10.8 Å². The molecule has 38 heavy (non-hydrogen) atoms. The topological polar surface area (TPSA) is 20.2 Å². The molecule has 1 spiro atoms. The Kier molecular flexibility index (Phi) is 6.01. The van der Waals surface area contributed by atoms with Crippen LogP contribution in [0.3, 0.4) is 0 Å². The van der Waals surface area contributed by atoms with Gasteiger partial charge in [-0.1, -0.05) is 55.5 Å². The minimum absolute atomic E-state index is 0.00986. The first-order valence-corrected chi connectivity index (χ1v) is 14.2. The number of hydrogen-bond acceptors (Lipinski definition) is 1. The Labute approximate surface area is 224 Å². The molecule has 7 atom stereocenters. The van der Waals surface area contributed by atoms with Gasteiger partial charge in [-0.3, -0.25) is 0 Å². The van der Waals surface area contributed by atoms with Gasteiger partial charge in [0.1, 0.15) is 24.2 Å². The molecule has 1 saturated carbocycles. The fourth-order valence-corrected chi connectivity index (χ4v) is 8.80. The molecule has 2 aromatic rings. The van der Waals surface area contributed by atoms with Crippen LogP contribution in [0.15, 0.2) is 60.7 Å². The molecule has 0 amide bonds. The van der Waals surface area contributed by atoms with Crippen LogP contribution < -0.4 is 0 Å². The number of allylic oxidation sites excluding steroid dienone is 3. The standard InChI is InChI=1S/C33H39F3NO/c1-5-22-15-21(4)30-20(3)7-12-26(27(30)16-22)31(38)29-17-28-24(6-2)18-32(28)13-14-37(29,32)19-23-8-10-25(11-9-23)33(34,35)36/h6-10,12,15-16,24-25,28-29,31,38H,2,5,11,13-14,17-19H2,1,3-4H3/q+1/t24?,25?,28?,29?,31-,32?,37?/m0/s1. The molecule has 3 fully saturated rings. The molecule has 202 valence electrons. The van der Waals surface area contributed by atoms with E-state index in [1.807, 2.05) is 0 Å². The molecule has 2 nitrogen and oxygen atoms in total. The summed E-state index contributed by atoms with van der Waals surface area (Å²) < 4.78 is 40.7. The summed E-state index contributed by atoms with van der Waals surface area (Å²) in [5.74, 6) is -0.457. The van der Waals surface area contributed by atoms with Crippen LogP contribution in [0.4, 0.5) is 13.2 Å². The molecule has 2 aliphatic carbocycles. The van der Waals surface area contributed by atoms with Gasteiger partial charge in [0, 0.05) is 24.3 Å². The summed E-state index contributed by atoms with van der Waals surface area (Å²) >= 11 is 0. The normalized spacial score (nSPS) is 34.7. The molecule has 0 bridgehead atoms. The average molecular weight is 523 g/mol. The first-order chi connectivity index (χ1) is 18.0. The van der Waals surface area contributed by atoms with Crippen molar-refractivity contribution in [3.05, 3.63) is 83.0 Å². The molecule has 1 N–H and O–H groups in total. The van der Waals surface area contributed by atoms with E-state index in [0.29, 0.717) is 18.4 Å². The molecule has 2 saturated heterocycles. The number of halogens is 3. The summed E-state index contributed by atoms with van der Waals surface area (Å²) in [5, 5.41) is 14.6. The smallest absolute Gasteiger partial charge is 0.382 e. The first-order valence-electron chi connectivity index (χ1n) is 14.2. The maximum absolute atomic E-state index is 13.3. The van der Waals surface area contributed by atoms with Crippen LogP contribution in [0.1, 0.15) is 61.0 Å². The van der Waals surface area contributed by atoms with Crippen LogP contribution in [-0.4, -0.2) is 40.4 Å². The third kappa shape index (κ3) is 3.54. The lowest BCUT2D eigenvalue weighted by Gasteiger charge is -2.67. The summed E-state index contributed by atoms with van der Waals surface area (Å²) in [6.07, 6.45) is 6.18. The number of benzene rings is 2. The van der Waals surface area contributed by atoms with Gasteiger partial charge >= 0.3 is 6.18 Å². The molecule has 6 unspecified atom stereocenters. The van der Waals surface area contributed by atoms with Crippen molar-refractivity contribution in [1.82, 2.24) is 0 Å². The lowest BCUT2D eigenvalue weighted by Crippen LogP contribution is -2.80. The average Bonchev–Trinajstić information content (AvgIpc) is 2.99. The minimum Gasteiger partial charge on any atom is -0.382 e. The van der Waals surface area contributed by atoms with Crippen molar-refractivity contribution in [3.8, 4) is 0 Å². The van der Waals surface area contributed by atoms with Gasteiger partial charge in [0.2, 0.25) is 0 Å². The van der Waals surface area contributed by atoms with Gasteiger partial charge in [0.05, 0.1) is 18.9 Å². The molecule has 0 radical (unpaired) electrons. The van der Waals surface area contributed by atoms with Crippen molar-refractivity contribution in [2.75, 3.05) is 13.1 Å². The van der Waals surface area contributed by atoms with E-state index in [1.54, 1.807) is 12.2 Å². The second kappa shape index (κ2) is 8.82. The second-order valence-corrected chi connectivity index (χ2v) is 12.4. The van der Waals surface area contributed by atoms with Gasteiger partial charge in [-0.25, -0.2) is 0 Å². The Hall–Kier alpha value is -2.37. The monoisotopic (exact) mass is 522 g/mol.